The molecule has 5 fully saturated rings. The van der Waals surface area contributed by atoms with E-state index in [1.54, 1.807) is 5.01 Å². The van der Waals surface area contributed by atoms with Crippen LogP contribution in [0.5, 0.6) is 0 Å². The summed E-state index contributed by atoms with van der Waals surface area (Å²) in [4.78, 5) is 38.2. The Kier molecular flexibility index (Phi) is 8.74. The summed E-state index contributed by atoms with van der Waals surface area (Å²) < 4.78 is 5.84. The van der Waals surface area contributed by atoms with Crippen molar-refractivity contribution < 1.29 is 19.1 Å². The molecule has 6 nitrogen and oxygen atoms in total. The number of hydrazine groups is 1. The topological polar surface area (TPSA) is 66.9 Å². The summed E-state index contributed by atoms with van der Waals surface area (Å²) in [5.74, 6) is 4.28. The number of allylic oxidation sites excluding steroid dienone is 2. The molecule has 0 aromatic carbocycles. The molecule has 0 aromatic rings. The van der Waals surface area contributed by atoms with Gasteiger partial charge in [-0.15, -0.1) is 0 Å². The molecule has 2 heterocycles. The summed E-state index contributed by atoms with van der Waals surface area (Å²) in [6, 6.07) is 0.0384. The van der Waals surface area contributed by atoms with E-state index in [-0.39, 0.29) is 36.4 Å². The molecule has 40 heavy (non-hydrogen) atoms. The molecular weight excluding hydrogens is 500 g/mol. The van der Waals surface area contributed by atoms with Crippen LogP contribution in [-0.4, -0.2) is 46.5 Å². The van der Waals surface area contributed by atoms with Gasteiger partial charge in [-0.05, 0) is 97.7 Å². The molecule has 3 saturated carbocycles. The normalized spacial score (nSPS) is 39.3. The summed E-state index contributed by atoms with van der Waals surface area (Å²) in [5.41, 5.74) is 0.331. The van der Waals surface area contributed by atoms with Gasteiger partial charge in [0.25, 0.3) is 11.8 Å². The SMILES string of the molecule is CCC(=O)O[C@H]1CCC2CN3C(=O)CC(=O)N3[C@@H](CC3CCCC4(C)C3CCC4[C@H](C)/C=C/[C@H](C)C(C)C)C2C1. The summed E-state index contributed by atoms with van der Waals surface area (Å²) in [6.07, 6.45) is 15.3. The smallest absolute Gasteiger partial charge is 0.305 e. The first kappa shape index (κ1) is 29.6. The van der Waals surface area contributed by atoms with Crippen LogP contribution in [0.4, 0.5) is 0 Å². The molecule has 2 saturated heterocycles. The molecule has 3 aliphatic carbocycles. The zero-order valence-electron chi connectivity index (χ0n) is 25.9. The molecule has 2 amide bonds. The van der Waals surface area contributed by atoms with Gasteiger partial charge < -0.3 is 4.74 Å². The molecule has 0 bridgehead atoms. The van der Waals surface area contributed by atoms with Gasteiger partial charge in [-0.25, -0.2) is 5.01 Å². The minimum Gasteiger partial charge on any atom is -0.462 e. The second-order valence-electron chi connectivity index (χ2n) is 14.7. The van der Waals surface area contributed by atoms with Crippen molar-refractivity contribution >= 4 is 17.8 Å². The average molecular weight is 555 g/mol. The van der Waals surface area contributed by atoms with Crippen LogP contribution in [0.3, 0.4) is 0 Å². The van der Waals surface area contributed by atoms with Crippen molar-refractivity contribution in [3.8, 4) is 0 Å². The molecule has 6 heteroatoms. The number of hydrogen-bond donors (Lipinski definition) is 0. The molecule has 6 unspecified atom stereocenters. The highest BCUT2D eigenvalue weighted by molar-refractivity contribution is 6.02. The molecule has 2 aliphatic heterocycles. The quantitative estimate of drug-likeness (QED) is 0.188. The highest BCUT2D eigenvalue weighted by atomic mass is 16.5. The lowest BCUT2D eigenvalue weighted by Gasteiger charge is -2.54. The number of nitrogens with zero attached hydrogens (tertiary/aromatic N) is 2. The summed E-state index contributed by atoms with van der Waals surface area (Å²) >= 11 is 0. The lowest BCUT2D eigenvalue weighted by molar-refractivity contribution is -0.180. The number of rotatable bonds is 8. The predicted molar refractivity (Wildman–Crippen MR) is 157 cm³/mol. The van der Waals surface area contributed by atoms with Gasteiger partial charge in [0.1, 0.15) is 12.5 Å². The van der Waals surface area contributed by atoms with Gasteiger partial charge in [0.2, 0.25) is 0 Å². The molecule has 0 N–H and O–H groups in total. The first-order valence-corrected chi connectivity index (χ1v) is 16.5. The van der Waals surface area contributed by atoms with Crippen LogP contribution < -0.4 is 0 Å². The van der Waals surface area contributed by atoms with Crippen molar-refractivity contribution in [3.05, 3.63) is 12.2 Å². The Balaban J connectivity index is 1.36. The van der Waals surface area contributed by atoms with Crippen LogP contribution in [0.1, 0.15) is 112 Å². The number of carbonyl (C=O) groups is 3. The highest BCUT2D eigenvalue weighted by Crippen LogP contribution is 2.61. The fraction of sp³-hybridized carbons (Fsp3) is 0.853. The second-order valence-corrected chi connectivity index (χ2v) is 14.7. The van der Waals surface area contributed by atoms with Gasteiger partial charge in [0.05, 0.1) is 6.04 Å². The lowest BCUT2D eigenvalue weighted by Crippen LogP contribution is -2.61. The van der Waals surface area contributed by atoms with E-state index in [0.717, 1.165) is 25.7 Å². The van der Waals surface area contributed by atoms with Crippen LogP contribution >= 0.6 is 0 Å². The van der Waals surface area contributed by atoms with Gasteiger partial charge in [0.15, 0.2) is 0 Å². The van der Waals surface area contributed by atoms with Crippen LogP contribution in [0.15, 0.2) is 12.2 Å². The second kappa shape index (κ2) is 11.8. The molecule has 0 aromatic heterocycles. The summed E-state index contributed by atoms with van der Waals surface area (Å²) in [5, 5.41) is 3.68. The summed E-state index contributed by atoms with van der Waals surface area (Å²) in [6.45, 7) is 14.4. The Hall–Kier alpha value is -1.85. The van der Waals surface area contributed by atoms with E-state index < -0.39 is 0 Å². The van der Waals surface area contributed by atoms with Crippen molar-refractivity contribution in [2.75, 3.05) is 6.54 Å². The molecular formula is C34H54N2O4. The summed E-state index contributed by atoms with van der Waals surface area (Å²) in [7, 11) is 0. The number of esters is 1. The largest absolute Gasteiger partial charge is 0.462 e. The van der Waals surface area contributed by atoms with Gasteiger partial charge in [-0.2, -0.15) is 0 Å². The lowest BCUT2D eigenvalue weighted by atomic mass is 9.57. The van der Waals surface area contributed by atoms with Crippen LogP contribution in [-0.2, 0) is 19.1 Å². The number of hydrogen-bond acceptors (Lipinski definition) is 4. The van der Waals surface area contributed by atoms with Gasteiger partial charge in [-0.3, -0.25) is 19.4 Å². The first-order valence-electron chi connectivity index (χ1n) is 16.5. The molecule has 5 aliphatic rings. The van der Waals surface area contributed by atoms with Gasteiger partial charge in [-0.1, -0.05) is 66.5 Å². The zero-order valence-corrected chi connectivity index (χ0v) is 25.9. The first-order chi connectivity index (χ1) is 19.0. The third-order valence-corrected chi connectivity index (χ3v) is 12.2. The maximum Gasteiger partial charge on any atom is 0.305 e. The van der Waals surface area contributed by atoms with E-state index >= 15 is 0 Å². The zero-order chi connectivity index (χ0) is 28.8. The number of ether oxygens (including phenoxy) is 1. The predicted octanol–water partition coefficient (Wildman–Crippen LogP) is 6.79. The van der Waals surface area contributed by atoms with Crippen LogP contribution in [0.25, 0.3) is 0 Å². The Morgan fingerprint density at radius 3 is 2.55 bits per heavy atom. The standard InChI is InChI=1S/C34H54N2O4/c1-7-33(39)40-26-13-12-25-20-35-31(37)19-32(38)36(35)30(27(25)18-26)17-24-9-8-16-34(6)28(14-15-29(24)34)23(5)11-10-22(4)21(2)3/h10-11,21-30H,7-9,12-20H2,1-6H3/b11-10+/t22-,23+,24?,25?,26-,27?,28?,29?,30-,34?/m0/s1. The fourth-order valence-corrected chi connectivity index (χ4v) is 9.64. The molecule has 0 radical (unpaired) electrons. The third kappa shape index (κ3) is 5.50. The monoisotopic (exact) mass is 554 g/mol. The van der Waals surface area contributed by atoms with Crippen molar-refractivity contribution in [3.63, 3.8) is 0 Å². The highest BCUT2D eigenvalue weighted by Gasteiger charge is 2.56. The van der Waals surface area contributed by atoms with Crippen molar-refractivity contribution in [2.45, 2.75) is 124 Å². The number of fused-ring (bicyclic) bond motifs is 3. The van der Waals surface area contributed by atoms with Crippen LogP contribution in [0, 0.1) is 52.8 Å². The third-order valence-electron chi connectivity index (χ3n) is 12.2. The fourth-order valence-electron chi connectivity index (χ4n) is 9.64. The maximum absolute atomic E-state index is 13.2. The van der Waals surface area contributed by atoms with E-state index in [1.807, 2.05) is 11.9 Å². The average Bonchev–Trinajstić information content (AvgIpc) is 3.42. The van der Waals surface area contributed by atoms with Crippen LogP contribution in [0.2, 0.25) is 0 Å². The Morgan fingerprint density at radius 2 is 1.82 bits per heavy atom. The molecule has 224 valence electrons. The van der Waals surface area contributed by atoms with Gasteiger partial charge >= 0.3 is 5.97 Å². The van der Waals surface area contributed by atoms with Crippen molar-refractivity contribution in [1.82, 2.24) is 10.0 Å². The van der Waals surface area contributed by atoms with E-state index in [4.69, 9.17) is 4.74 Å². The molecule has 5 rings (SSSR count). The van der Waals surface area contributed by atoms with E-state index in [9.17, 15) is 14.4 Å². The van der Waals surface area contributed by atoms with E-state index in [2.05, 4.69) is 46.8 Å². The minimum atomic E-state index is -0.129. The number of carbonyl (C=O) groups excluding carboxylic acids is 3. The minimum absolute atomic E-state index is 0.0106. The Morgan fingerprint density at radius 1 is 1.05 bits per heavy atom. The van der Waals surface area contributed by atoms with Crippen molar-refractivity contribution in [2.24, 2.45) is 52.8 Å². The number of amides is 2. The van der Waals surface area contributed by atoms with E-state index in [0.29, 0.717) is 65.7 Å². The maximum atomic E-state index is 13.2. The molecule has 10 atom stereocenters. The van der Waals surface area contributed by atoms with Crippen molar-refractivity contribution in [1.29, 1.82) is 0 Å². The van der Waals surface area contributed by atoms with Gasteiger partial charge in [0, 0.05) is 13.0 Å². The van der Waals surface area contributed by atoms with E-state index in [1.165, 1.54) is 32.1 Å². The Bertz CT molecular complexity index is 992. The Labute approximate surface area is 242 Å². The molecule has 0 spiro atoms.